The number of halogens is 3. The molecule has 0 saturated carbocycles. The van der Waals surface area contributed by atoms with Gasteiger partial charge in [0, 0.05) is 0 Å². The van der Waals surface area contributed by atoms with Gasteiger partial charge in [-0.05, 0) is 42.7 Å². The lowest BCUT2D eigenvalue weighted by Gasteiger charge is -2.12. The first-order chi connectivity index (χ1) is 9.44. The molecule has 1 aliphatic carbocycles. The quantitative estimate of drug-likeness (QED) is 0.353. The summed E-state index contributed by atoms with van der Waals surface area (Å²) in [5.41, 5.74) is -4.41. The summed E-state index contributed by atoms with van der Waals surface area (Å²) in [5.74, 6) is -0.413. The smallest absolute Gasteiger partial charge is 0.425 e. The van der Waals surface area contributed by atoms with E-state index in [-0.39, 0.29) is 34.7 Å². The Bertz CT molecular complexity index is 511. The van der Waals surface area contributed by atoms with Crippen LogP contribution < -0.4 is 4.74 Å². The number of carbonyl (C=O) groups excluding carboxylic acids is 1. The Kier molecular flexibility index (Phi) is 4.75. The van der Waals surface area contributed by atoms with E-state index < -0.39 is 11.5 Å². The fraction of sp³-hybridized carbons (Fsp3) is 0.357. The lowest BCUT2D eigenvalue weighted by molar-refractivity contribution is -0.135. The van der Waals surface area contributed by atoms with Crippen LogP contribution in [0.5, 0.6) is 5.75 Å². The Hall–Kier alpha value is -1.43. The van der Waals surface area contributed by atoms with Crippen LogP contribution in [0.15, 0.2) is 41.3 Å². The van der Waals surface area contributed by atoms with Crippen LogP contribution in [-0.2, 0) is 4.79 Å². The third-order valence-corrected chi connectivity index (χ3v) is 3.63. The first kappa shape index (κ1) is 15.0. The van der Waals surface area contributed by atoms with Crippen LogP contribution in [0.2, 0.25) is 0 Å². The van der Waals surface area contributed by atoms with Gasteiger partial charge < -0.3 is 4.74 Å². The van der Waals surface area contributed by atoms with E-state index >= 15 is 0 Å². The number of alkyl halides is 3. The van der Waals surface area contributed by atoms with Gasteiger partial charge in [0.05, 0.1) is 11.3 Å². The number of hydrogen-bond donors (Lipinski definition) is 0. The molecule has 2 rings (SSSR count). The summed E-state index contributed by atoms with van der Waals surface area (Å²) in [5, 5.41) is 0. The summed E-state index contributed by atoms with van der Waals surface area (Å²) in [6, 6.07) is 5.68. The summed E-state index contributed by atoms with van der Waals surface area (Å²) < 4.78 is 42.3. The topological polar surface area (TPSA) is 26.3 Å². The first-order valence-corrected chi connectivity index (χ1v) is 6.98. The largest absolute Gasteiger partial charge is 0.446 e. The second-order valence-electron chi connectivity index (χ2n) is 4.44. The SMILES string of the molecule is O=C(C[C@@H]1C=CCC1)Oc1ccccc1SC(F)(F)F. The molecule has 0 aliphatic heterocycles. The first-order valence-electron chi connectivity index (χ1n) is 6.16. The van der Waals surface area contributed by atoms with Gasteiger partial charge in [-0.25, -0.2) is 0 Å². The molecular weight excluding hydrogens is 289 g/mol. The number of thioether (sulfide) groups is 1. The fourth-order valence-corrected chi connectivity index (χ4v) is 2.59. The third kappa shape index (κ3) is 4.59. The molecule has 2 nitrogen and oxygen atoms in total. The van der Waals surface area contributed by atoms with Crippen molar-refractivity contribution < 1.29 is 22.7 Å². The molecule has 0 fully saturated rings. The van der Waals surface area contributed by atoms with Gasteiger partial charge in [0.15, 0.2) is 0 Å². The molecule has 0 heterocycles. The lowest BCUT2D eigenvalue weighted by atomic mass is 10.1. The zero-order valence-electron chi connectivity index (χ0n) is 10.5. The fourth-order valence-electron chi connectivity index (χ4n) is 1.99. The number of benzene rings is 1. The highest BCUT2D eigenvalue weighted by atomic mass is 32.2. The van der Waals surface area contributed by atoms with E-state index in [1.54, 1.807) is 6.07 Å². The third-order valence-electron chi connectivity index (χ3n) is 2.84. The number of ether oxygens (including phenoxy) is 1. The van der Waals surface area contributed by atoms with Crippen LogP contribution in [0.4, 0.5) is 13.2 Å². The van der Waals surface area contributed by atoms with Crippen LogP contribution in [-0.4, -0.2) is 11.5 Å². The van der Waals surface area contributed by atoms with Gasteiger partial charge >= 0.3 is 11.5 Å². The molecule has 0 unspecified atom stereocenters. The normalized spacial score (nSPS) is 18.2. The minimum Gasteiger partial charge on any atom is -0.425 e. The van der Waals surface area contributed by atoms with E-state index in [9.17, 15) is 18.0 Å². The number of hydrogen-bond acceptors (Lipinski definition) is 3. The molecule has 6 heteroatoms. The Morgan fingerprint density at radius 1 is 1.35 bits per heavy atom. The molecule has 0 amide bonds. The van der Waals surface area contributed by atoms with Crippen molar-refractivity contribution >= 4 is 17.7 Å². The number of carbonyl (C=O) groups is 1. The van der Waals surface area contributed by atoms with E-state index in [2.05, 4.69) is 0 Å². The van der Waals surface area contributed by atoms with Crippen molar-refractivity contribution in [1.29, 1.82) is 0 Å². The van der Waals surface area contributed by atoms with Crippen molar-refractivity contribution in [3.8, 4) is 5.75 Å². The van der Waals surface area contributed by atoms with E-state index in [0.717, 1.165) is 12.8 Å². The molecule has 108 valence electrons. The molecule has 1 aliphatic rings. The molecule has 0 N–H and O–H groups in total. The van der Waals surface area contributed by atoms with E-state index in [1.165, 1.54) is 18.2 Å². The Balaban J connectivity index is 2.01. The molecule has 0 saturated heterocycles. The van der Waals surface area contributed by atoms with Gasteiger partial charge in [-0.3, -0.25) is 4.79 Å². The molecule has 0 bridgehead atoms. The van der Waals surface area contributed by atoms with E-state index in [4.69, 9.17) is 4.74 Å². The standard InChI is InChI=1S/C14H13F3O2S/c15-14(16,17)20-12-8-4-3-7-11(12)19-13(18)9-10-5-1-2-6-10/h1,3-5,7-8,10H,2,6,9H2/t10-/m1/s1. The van der Waals surface area contributed by atoms with Gasteiger partial charge in [0.1, 0.15) is 5.75 Å². The average molecular weight is 302 g/mol. The predicted molar refractivity (Wildman–Crippen MR) is 70.5 cm³/mol. The van der Waals surface area contributed by atoms with Gasteiger partial charge in [0.2, 0.25) is 0 Å². The molecule has 0 radical (unpaired) electrons. The van der Waals surface area contributed by atoms with Gasteiger partial charge in [-0.15, -0.1) is 0 Å². The second kappa shape index (κ2) is 6.35. The molecule has 0 spiro atoms. The van der Waals surface area contributed by atoms with Gasteiger partial charge in [-0.2, -0.15) is 13.2 Å². The second-order valence-corrected chi connectivity index (χ2v) is 5.55. The zero-order chi connectivity index (χ0) is 14.6. The minimum atomic E-state index is -4.41. The summed E-state index contributed by atoms with van der Waals surface area (Å²) >= 11 is -0.279. The number of allylic oxidation sites excluding steroid dienone is 2. The Labute approximate surface area is 119 Å². The Morgan fingerprint density at radius 2 is 2.10 bits per heavy atom. The minimum absolute atomic E-state index is 0.0400. The molecular formula is C14H13F3O2S. The summed E-state index contributed by atoms with van der Waals surface area (Å²) in [6.07, 6.45) is 5.94. The molecule has 1 aromatic carbocycles. The zero-order valence-corrected chi connectivity index (χ0v) is 11.3. The molecule has 0 aromatic heterocycles. The monoisotopic (exact) mass is 302 g/mol. The molecule has 1 atom stereocenters. The number of rotatable bonds is 4. The maximum atomic E-state index is 12.4. The van der Waals surface area contributed by atoms with E-state index in [1.807, 2.05) is 12.2 Å². The van der Waals surface area contributed by atoms with Gasteiger partial charge in [0.25, 0.3) is 0 Å². The van der Waals surface area contributed by atoms with Crippen LogP contribution >= 0.6 is 11.8 Å². The summed E-state index contributed by atoms with van der Waals surface area (Å²) in [7, 11) is 0. The van der Waals surface area contributed by atoms with Crippen molar-refractivity contribution in [3.05, 3.63) is 36.4 Å². The highest BCUT2D eigenvalue weighted by molar-refractivity contribution is 8.00. The van der Waals surface area contributed by atoms with Crippen molar-refractivity contribution in [1.82, 2.24) is 0 Å². The lowest BCUT2D eigenvalue weighted by Crippen LogP contribution is -2.12. The van der Waals surface area contributed by atoms with Crippen LogP contribution in [0.25, 0.3) is 0 Å². The van der Waals surface area contributed by atoms with Crippen LogP contribution in [0, 0.1) is 5.92 Å². The van der Waals surface area contributed by atoms with Crippen molar-refractivity contribution in [2.45, 2.75) is 29.7 Å². The maximum Gasteiger partial charge on any atom is 0.446 e. The highest BCUT2D eigenvalue weighted by Crippen LogP contribution is 2.41. The van der Waals surface area contributed by atoms with E-state index in [0.29, 0.717) is 0 Å². The van der Waals surface area contributed by atoms with Crippen molar-refractivity contribution in [3.63, 3.8) is 0 Å². The maximum absolute atomic E-state index is 12.4. The van der Waals surface area contributed by atoms with Gasteiger partial charge in [-0.1, -0.05) is 24.3 Å². The predicted octanol–water partition coefficient (Wildman–Crippen LogP) is 4.56. The molecule has 20 heavy (non-hydrogen) atoms. The highest BCUT2D eigenvalue weighted by Gasteiger charge is 2.31. The van der Waals surface area contributed by atoms with Crippen LogP contribution in [0.1, 0.15) is 19.3 Å². The Morgan fingerprint density at radius 3 is 2.75 bits per heavy atom. The molecule has 1 aromatic rings. The van der Waals surface area contributed by atoms with Crippen LogP contribution in [0.3, 0.4) is 0 Å². The summed E-state index contributed by atoms with van der Waals surface area (Å²) in [4.78, 5) is 11.6. The number of para-hydroxylation sites is 1. The van der Waals surface area contributed by atoms with Crippen molar-refractivity contribution in [2.24, 2.45) is 5.92 Å². The number of esters is 1. The average Bonchev–Trinajstić information content (AvgIpc) is 2.82. The summed E-state index contributed by atoms with van der Waals surface area (Å²) in [6.45, 7) is 0. The van der Waals surface area contributed by atoms with Crippen molar-refractivity contribution in [2.75, 3.05) is 0 Å².